The molecular weight excluding hydrogens is 339 g/mol. The Balaban J connectivity index is 2.39. The van der Waals surface area contributed by atoms with Crippen LogP contribution in [0.15, 0.2) is 66.7 Å². The number of aryl methyl sites for hydroxylation is 2. The van der Waals surface area contributed by atoms with Gasteiger partial charge in [0.1, 0.15) is 0 Å². The summed E-state index contributed by atoms with van der Waals surface area (Å²) in [6.45, 7) is 7.94. The van der Waals surface area contributed by atoms with Gasteiger partial charge in [-0.2, -0.15) is 0 Å². The lowest BCUT2D eigenvalue weighted by atomic mass is 10.0. The molecule has 3 heteroatoms. The van der Waals surface area contributed by atoms with Gasteiger partial charge in [-0.05, 0) is 49.9 Å². The Morgan fingerprint density at radius 2 is 1.19 bits per heavy atom. The largest absolute Gasteiger partial charge is 0.305 e. The van der Waals surface area contributed by atoms with Crippen molar-refractivity contribution in [3.8, 4) is 0 Å². The summed E-state index contributed by atoms with van der Waals surface area (Å²) in [5.41, 5.74) is 4.16. The van der Waals surface area contributed by atoms with Crippen molar-refractivity contribution >= 4 is 23.3 Å². The summed E-state index contributed by atoms with van der Waals surface area (Å²) in [5.74, 6) is 0. The maximum absolute atomic E-state index is 14.5. The van der Waals surface area contributed by atoms with E-state index in [0.717, 1.165) is 22.3 Å². The summed E-state index contributed by atoms with van der Waals surface area (Å²) < 4.78 is 14.5. The molecule has 0 aliphatic heterocycles. The molecule has 0 amide bonds. The number of hydrogen-bond donors (Lipinski definition) is 0. The normalized spacial score (nSPS) is 13.2. The first kappa shape index (κ1) is 18.4. The van der Waals surface area contributed by atoms with E-state index in [1.807, 2.05) is 64.1 Å². The first-order valence-electron chi connectivity index (χ1n) is 8.71. The molecule has 0 fully saturated rings. The molecule has 1 atom stereocenters. The molecule has 0 aliphatic carbocycles. The minimum atomic E-state index is -3.51. The maximum Gasteiger partial charge on any atom is 0.230 e. The van der Waals surface area contributed by atoms with Crippen LogP contribution in [0.4, 0.5) is 0 Å². The van der Waals surface area contributed by atoms with Gasteiger partial charge in [0.05, 0.1) is 0 Å². The van der Waals surface area contributed by atoms with Crippen LogP contribution in [0.5, 0.6) is 0 Å². The van der Waals surface area contributed by atoms with Crippen molar-refractivity contribution in [3.05, 3.63) is 94.5 Å². The molecular formula is C23H23O2P. The van der Waals surface area contributed by atoms with Crippen molar-refractivity contribution < 1.29 is 9.36 Å². The van der Waals surface area contributed by atoms with E-state index in [-0.39, 0.29) is 5.52 Å². The maximum atomic E-state index is 14.5. The molecule has 2 nitrogen and oxygen atoms in total. The molecule has 0 spiro atoms. The van der Waals surface area contributed by atoms with E-state index in [4.69, 9.17) is 0 Å². The number of rotatable bonds is 4. The van der Waals surface area contributed by atoms with Gasteiger partial charge in [-0.3, -0.25) is 4.79 Å². The van der Waals surface area contributed by atoms with E-state index in [9.17, 15) is 9.36 Å². The fourth-order valence-corrected chi connectivity index (χ4v) is 6.51. The van der Waals surface area contributed by atoms with Gasteiger partial charge in [-0.25, -0.2) is 0 Å². The third-order valence-electron chi connectivity index (χ3n) is 5.07. The zero-order valence-electron chi connectivity index (χ0n) is 15.6. The SMILES string of the molecule is Cc1cc(C)c(C)c(P(=O)(C(=O)c2ccccc2)c2ccccc2)c1C. The third kappa shape index (κ3) is 2.95. The molecule has 26 heavy (non-hydrogen) atoms. The fraction of sp³-hybridized carbons (Fsp3) is 0.174. The Hall–Kier alpha value is -2.44. The second-order valence-corrected chi connectivity index (χ2v) is 9.31. The lowest BCUT2D eigenvalue weighted by molar-refractivity contribution is 0.107. The second kappa shape index (κ2) is 7.05. The number of carbonyl (C=O) groups excluding carboxylic acids is 1. The Morgan fingerprint density at radius 3 is 1.69 bits per heavy atom. The predicted octanol–water partition coefficient (Wildman–Crippen LogP) is 5.07. The van der Waals surface area contributed by atoms with Crippen molar-refractivity contribution in [2.45, 2.75) is 27.7 Å². The summed E-state index contributed by atoms with van der Waals surface area (Å²) in [6, 6.07) is 20.2. The van der Waals surface area contributed by atoms with Crippen LogP contribution in [-0.2, 0) is 4.57 Å². The highest BCUT2D eigenvalue weighted by Crippen LogP contribution is 2.49. The Bertz CT molecular complexity index is 979. The lowest BCUT2D eigenvalue weighted by Gasteiger charge is -2.24. The third-order valence-corrected chi connectivity index (χ3v) is 8.22. The summed E-state index contributed by atoms with van der Waals surface area (Å²) in [4.78, 5) is 13.5. The van der Waals surface area contributed by atoms with Crippen molar-refractivity contribution in [3.63, 3.8) is 0 Å². The molecule has 3 rings (SSSR count). The topological polar surface area (TPSA) is 34.1 Å². The van der Waals surface area contributed by atoms with Crippen molar-refractivity contribution in [1.29, 1.82) is 0 Å². The van der Waals surface area contributed by atoms with Crippen LogP contribution in [-0.4, -0.2) is 5.52 Å². The quantitative estimate of drug-likeness (QED) is 0.607. The van der Waals surface area contributed by atoms with Gasteiger partial charge in [-0.1, -0.05) is 66.7 Å². The van der Waals surface area contributed by atoms with Gasteiger partial charge in [0.2, 0.25) is 12.7 Å². The number of benzene rings is 3. The van der Waals surface area contributed by atoms with Crippen LogP contribution in [0.1, 0.15) is 32.6 Å². The molecule has 0 radical (unpaired) electrons. The Morgan fingerprint density at radius 1 is 0.731 bits per heavy atom. The zero-order chi connectivity index (χ0) is 18.9. The first-order chi connectivity index (χ1) is 12.4. The molecule has 3 aromatic rings. The highest BCUT2D eigenvalue weighted by molar-refractivity contribution is 7.93. The highest BCUT2D eigenvalue weighted by Gasteiger charge is 2.39. The van der Waals surface area contributed by atoms with E-state index in [0.29, 0.717) is 16.2 Å². The van der Waals surface area contributed by atoms with Crippen LogP contribution in [0.3, 0.4) is 0 Å². The number of hydrogen-bond acceptors (Lipinski definition) is 2. The molecule has 0 bridgehead atoms. The monoisotopic (exact) mass is 362 g/mol. The van der Waals surface area contributed by atoms with Crippen LogP contribution in [0, 0.1) is 27.7 Å². The van der Waals surface area contributed by atoms with Gasteiger partial charge >= 0.3 is 0 Å². The molecule has 0 saturated heterocycles. The molecule has 0 heterocycles. The number of carbonyl (C=O) groups is 1. The summed E-state index contributed by atoms with van der Waals surface area (Å²) >= 11 is 0. The van der Waals surface area contributed by atoms with E-state index in [2.05, 4.69) is 6.07 Å². The minimum Gasteiger partial charge on any atom is -0.305 e. The van der Waals surface area contributed by atoms with E-state index in [1.54, 1.807) is 24.3 Å². The van der Waals surface area contributed by atoms with Crippen LogP contribution in [0.25, 0.3) is 0 Å². The molecule has 0 saturated carbocycles. The molecule has 0 aliphatic rings. The summed E-state index contributed by atoms with van der Waals surface area (Å²) in [6.07, 6.45) is 0. The highest BCUT2D eigenvalue weighted by atomic mass is 31.2. The van der Waals surface area contributed by atoms with E-state index >= 15 is 0 Å². The predicted molar refractivity (Wildman–Crippen MR) is 109 cm³/mol. The average Bonchev–Trinajstić information content (AvgIpc) is 2.67. The fourth-order valence-electron chi connectivity index (χ4n) is 3.42. The van der Waals surface area contributed by atoms with Crippen LogP contribution < -0.4 is 10.6 Å². The Kier molecular flexibility index (Phi) is 4.98. The van der Waals surface area contributed by atoms with E-state index in [1.165, 1.54) is 0 Å². The van der Waals surface area contributed by atoms with Crippen LogP contribution in [0.2, 0.25) is 0 Å². The van der Waals surface area contributed by atoms with Gasteiger partial charge in [0, 0.05) is 16.2 Å². The van der Waals surface area contributed by atoms with Gasteiger partial charge in [0.25, 0.3) is 0 Å². The van der Waals surface area contributed by atoms with Gasteiger partial charge in [0.15, 0.2) is 0 Å². The molecule has 0 aromatic heterocycles. The first-order valence-corrected chi connectivity index (χ1v) is 10.4. The second-order valence-electron chi connectivity index (χ2n) is 6.72. The minimum absolute atomic E-state index is 0.305. The zero-order valence-corrected chi connectivity index (χ0v) is 16.5. The Labute approximate surface area is 155 Å². The van der Waals surface area contributed by atoms with Gasteiger partial charge in [-0.15, -0.1) is 0 Å². The van der Waals surface area contributed by atoms with Crippen molar-refractivity contribution in [1.82, 2.24) is 0 Å². The smallest absolute Gasteiger partial charge is 0.230 e. The molecule has 132 valence electrons. The van der Waals surface area contributed by atoms with Gasteiger partial charge < -0.3 is 4.57 Å². The summed E-state index contributed by atoms with van der Waals surface area (Å²) in [5, 5.41) is 1.28. The van der Waals surface area contributed by atoms with Crippen molar-refractivity contribution in [2.75, 3.05) is 0 Å². The average molecular weight is 362 g/mol. The standard InChI is InChI=1S/C23H23O2P/c1-16-15-17(2)19(4)22(18(16)3)26(25,21-13-9-6-10-14-21)23(24)20-11-7-5-8-12-20/h5-15H,1-4H3. The molecule has 1 unspecified atom stereocenters. The molecule has 0 N–H and O–H groups in total. The van der Waals surface area contributed by atoms with Crippen molar-refractivity contribution in [2.24, 2.45) is 0 Å². The lowest BCUT2D eigenvalue weighted by Crippen LogP contribution is -2.27. The van der Waals surface area contributed by atoms with E-state index < -0.39 is 7.14 Å². The summed E-state index contributed by atoms with van der Waals surface area (Å²) in [7, 11) is -3.51. The van der Waals surface area contributed by atoms with Crippen LogP contribution >= 0.6 is 7.14 Å². The molecule has 3 aromatic carbocycles.